The van der Waals surface area contributed by atoms with Crippen LogP contribution in [0.2, 0.25) is 0 Å². The van der Waals surface area contributed by atoms with Crippen LogP contribution in [0.4, 0.5) is 0 Å². The summed E-state index contributed by atoms with van der Waals surface area (Å²) >= 11 is 1.80. The minimum atomic E-state index is 0.333. The Morgan fingerprint density at radius 3 is 3.17 bits per heavy atom. The van der Waals surface area contributed by atoms with Gasteiger partial charge in [-0.3, -0.25) is 0 Å². The Kier molecular flexibility index (Phi) is 3.71. The summed E-state index contributed by atoms with van der Waals surface area (Å²) in [5.74, 6) is 1.91. The van der Waals surface area contributed by atoms with Gasteiger partial charge in [-0.25, -0.2) is 0 Å². The zero-order valence-electron chi connectivity index (χ0n) is 10.2. The van der Waals surface area contributed by atoms with E-state index in [2.05, 4.69) is 27.7 Å². The summed E-state index contributed by atoms with van der Waals surface area (Å²) in [5, 5.41) is 6.16. The smallest absolute Gasteiger partial charge is 0.226 e. The number of rotatable bonds is 5. The Bertz CT molecular complexity index is 475. The zero-order valence-corrected chi connectivity index (χ0v) is 11.0. The van der Waals surface area contributed by atoms with Gasteiger partial charge in [0.15, 0.2) is 5.82 Å². The SMILES string of the molecule is c1csc(CCCc2nc([C@H]3CCOC3)no2)c1. The maximum absolute atomic E-state index is 5.33. The molecule has 0 spiro atoms. The molecule has 0 aromatic carbocycles. The van der Waals surface area contributed by atoms with Gasteiger partial charge in [0.25, 0.3) is 0 Å². The van der Waals surface area contributed by atoms with Gasteiger partial charge in [0.1, 0.15) is 0 Å². The van der Waals surface area contributed by atoms with E-state index < -0.39 is 0 Å². The minimum Gasteiger partial charge on any atom is -0.381 e. The quantitative estimate of drug-likeness (QED) is 0.833. The van der Waals surface area contributed by atoms with Crippen molar-refractivity contribution in [3.8, 4) is 0 Å². The van der Waals surface area contributed by atoms with Crippen molar-refractivity contribution in [2.75, 3.05) is 13.2 Å². The van der Waals surface area contributed by atoms with Crippen LogP contribution in [0.1, 0.15) is 35.4 Å². The molecule has 18 heavy (non-hydrogen) atoms. The molecule has 96 valence electrons. The van der Waals surface area contributed by atoms with Gasteiger partial charge < -0.3 is 9.26 Å². The van der Waals surface area contributed by atoms with Gasteiger partial charge >= 0.3 is 0 Å². The van der Waals surface area contributed by atoms with Gasteiger partial charge in [0.2, 0.25) is 5.89 Å². The highest BCUT2D eigenvalue weighted by molar-refractivity contribution is 7.09. The van der Waals surface area contributed by atoms with Crippen LogP contribution in [-0.2, 0) is 17.6 Å². The number of hydrogen-bond donors (Lipinski definition) is 0. The lowest BCUT2D eigenvalue weighted by Crippen LogP contribution is -2.00. The second-order valence-electron chi connectivity index (χ2n) is 4.54. The molecule has 1 atom stereocenters. The number of ether oxygens (including phenoxy) is 1. The topological polar surface area (TPSA) is 48.2 Å². The van der Waals surface area contributed by atoms with Gasteiger partial charge in [0, 0.05) is 23.8 Å². The van der Waals surface area contributed by atoms with Crippen molar-refractivity contribution in [2.45, 2.75) is 31.6 Å². The molecule has 3 heterocycles. The fourth-order valence-electron chi connectivity index (χ4n) is 2.14. The lowest BCUT2D eigenvalue weighted by atomic mass is 10.1. The van der Waals surface area contributed by atoms with Crippen molar-refractivity contribution < 1.29 is 9.26 Å². The van der Waals surface area contributed by atoms with Crippen LogP contribution < -0.4 is 0 Å². The van der Waals surface area contributed by atoms with E-state index in [1.165, 1.54) is 4.88 Å². The van der Waals surface area contributed by atoms with Crippen molar-refractivity contribution >= 4 is 11.3 Å². The average Bonchev–Trinajstić information content (AvgIpc) is 3.12. The first-order valence-electron chi connectivity index (χ1n) is 6.34. The van der Waals surface area contributed by atoms with E-state index in [0.29, 0.717) is 5.92 Å². The van der Waals surface area contributed by atoms with Crippen LogP contribution in [0.15, 0.2) is 22.0 Å². The zero-order chi connectivity index (χ0) is 12.2. The van der Waals surface area contributed by atoms with Gasteiger partial charge in [-0.1, -0.05) is 11.2 Å². The van der Waals surface area contributed by atoms with Gasteiger partial charge in [-0.15, -0.1) is 11.3 Å². The Labute approximate surface area is 110 Å². The van der Waals surface area contributed by atoms with Crippen LogP contribution in [-0.4, -0.2) is 23.4 Å². The molecule has 0 radical (unpaired) electrons. The Hall–Kier alpha value is -1.20. The molecule has 0 amide bonds. The van der Waals surface area contributed by atoms with Crippen LogP contribution in [0.3, 0.4) is 0 Å². The molecular weight excluding hydrogens is 248 g/mol. The standard InChI is InChI=1S/C13H16N2O2S/c1(3-11-4-2-8-18-11)5-12-14-13(15-17-12)10-6-7-16-9-10/h2,4,8,10H,1,3,5-7,9H2/t10-/m0/s1. The van der Waals surface area contributed by atoms with Crippen molar-refractivity contribution in [1.82, 2.24) is 10.1 Å². The molecule has 1 aliphatic rings. The van der Waals surface area contributed by atoms with Crippen molar-refractivity contribution in [3.05, 3.63) is 34.1 Å². The first-order chi connectivity index (χ1) is 8.92. The summed E-state index contributed by atoms with van der Waals surface area (Å²) in [6.45, 7) is 1.54. The third-order valence-corrected chi connectivity index (χ3v) is 4.11. The summed E-state index contributed by atoms with van der Waals surface area (Å²) < 4.78 is 10.6. The van der Waals surface area contributed by atoms with E-state index in [4.69, 9.17) is 9.26 Å². The number of nitrogens with zero attached hydrogens (tertiary/aromatic N) is 2. The van der Waals surface area contributed by atoms with Crippen LogP contribution in [0, 0.1) is 0 Å². The van der Waals surface area contributed by atoms with Crippen LogP contribution in [0.5, 0.6) is 0 Å². The molecule has 1 saturated heterocycles. The molecular formula is C13H16N2O2S. The van der Waals surface area contributed by atoms with Gasteiger partial charge in [0.05, 0.1) is 6.61 Å². The van der Waals surface area contributed by atoms with Gasteiger partial charge in [-0.2, -0.15) is 4.98 Å². The average molecular weight is 264 g/mol. The number of thiophene rings is 1. The largest absolute Gasteiger partial charge is 0.381 e. The predicted molar refractivity (Wildman–Crippen MR) is 68.8 cm³/mol. The highest BCUT2D eigenvalue weighted by Crippen LogP contribution is 2.22. The van der Waals surface area contributed by atoms with Gasteiger partial charge in [-0.05, 0) is 30.7 Å². The highest BCUT2D eigenvalue weighted by atomic mass is 32.1. The Morgan fingerprint density at radius 1 is 1.39 bits per heavy atom. The van der Waals surface area contributed by atoms with Crippen molar-refractivity contribution in [1.29, 1.82) is 0 Å². The molecule has 1 fully saturated rings. The predicted octanol–water partition coefficient (Wildman–Crippen LogP) is 2.81. The maximum Gasteiger partial charge on any atom is 0.226 e. The summed E-state index contributed by atoms with van der Waals surface area (Å²) in [4.78, 5) is 5.87. The summed E-state index contributed by atoms with van der Waals surface area (Å²) in [6.07, 6.45) is 4.01. The van der Waals surface area contributed by atoms with Crippen LogP contribution in [0.25, 0.3) is 0 Å². The molecule has 1 aliphatic heterocycles. The first kappa shape index (κ1) is 11.9. The molecule has 2 aromatic heterocycles. The third kappa shape index (κ3) is 2.79. The summed E-state index contributed by atoms with van der Waals surface area (Å²) in [7, 11) is 0. The molecule has 0 bridgehead atoms. The number of aryl methyl sites for hydroxylation is 2. The van der Waals surface area contributed by atoms with Crippen molar-refractivity contribution in [2.24, 2.45) is 0 Å². The lowest BCUT2D eigenvalue weighted by Gasteiger charge is -1.97. The first-order valence-corrected chi connectivity index (χ1v) is 7.22. The van der Waals surface area contributed by atoms with E-state index in [9.17, 15) is 0 Å². The lowest BCUT2D eigenvalue weighted by molar-refractivity contribution is 0.192. The Morgan fingerprint density at radius 2 is 2.39 bits per heavy atom. The van der Waals surface area contributed by atoms with Crippen molar-refractivity contribution in [3.63, 3.8) is 0 Å². The summed E-state index contributed by atoms with van der Waals surface area (Å²) in [5.41, 5.74) is 0. The van der Waals surface area contributed by atoms with Crippen LogP contribution >= 0.6 is 11.3 Å². The van der Waals surface area contributed by atoms with E-state index in [1.807, 2.05) is 0 Å². The molecule has 4 nitrogen and oxygen atoms in total. The normalized spacial score (nSPS) is 19.4. The molecule has 0 N–H and O–H groups in total. The van der Waals surface area contributed by atoms with E-state index in [0.717, 1.165) is 50.6 Å². The minimum absolute atomic E-state index is 0.333. The molecule has 0 aliphatic carbocycles. The maximum atomic E-state index is 5.33. The highest BCUT2D eigenvalue weighted by Gasteiger charge is 2.22. The molecule has 3 rings (SSSR count). The second kappa shape index (κ2) is 5.63. The fraction of sp³-hybridized carbons (Fsp3) is 0.538. The number of aromatic nitrogens is 2. The number of hydrogen-bond acceptors (Lipinski definition) is 5. The summed E-state index contributed by atoms with van der Waals surface area (Å²) in [6, 6.07) is 4.25. The monoisotopic (exact) mass is 264 g/mol. The van der Waals surface area contributed by atoms with E-state index in [1.54, 1.807) is 11.3 Å². The fourth-order valence-corrected chi connectivity index (χ4v) is 2.89. The second-order valence-corrected chi connectivity index (χ2v) is 5.57. The third-order valence-electron chi connectivity index (χ3n) is 3.17. The van der Waals surface area contributed by atoms with E-state index >= 15 is 0 Å². The molecule has 0 saturated carbocycles. The molecule has 0 unspecified atom stereocenters. The molecule has 5 heteroatoms. The molecule has 2 aromatic rings. The Balaban J connectivity index is 1.50. The van der Waals surface area contributed by atoms with E-state index in [-0.39, 0.29) is 0 Å².